The Balaban J connectivity index is 1.64. The fraction of sp³-hybridized carbons (Fsp3) is 0.105. The van der Waals surface area contributed by atoms with Gasteiger partial charge in [0, 0.05) is 23.0 Å². The Morgan fingerprint density at radius 1 is 1.12 bits per heavy atom. The number of nitrogens with zero attached hydrogens (tertiary/aromatic N) is 2. The predicted octanol–water partition coefficient (Wildman–Crippen LogP) is 4.55. The van der Waals surface area contributed by atoms with Gasteiger partial charge in [0.1, 0.15) is 18.7 Å². The number of anilines is 1. The van der Waals surface area contributed by atoms with Gasteiger partial charge >= 0.3 is 6.09 Å². The molecule has 0 aliphatic carbocycles. The summed E-state index contributed by atoms with van der Waals surface area (Å²) in [5, 5.41) is 3.11. The number of nitrogens with one attached hydrogen (secondary N) is 1. The molecule has 3 aromatic rings. The topological polar surface area (TPSA) is 73.3 Å². The number of carbonyl (C=O) groups is 1. The van der Waals surface area contributed by atoms with Crippen molar-refractivity contribution in [2.45, 2.75) is 6.61 Å². The summed E-state index contributed by atoms with van der Waals surface area (Å²) >= 11 is 5.95. The van der Waals surface area contributed by atoms with Crippen LogP contribution in [-0.4, -0.2) is 23.2 Å². The van der Waals surface area contributed by atoms with Gasteiger partial charge in [-0.3, -0.25) is 5.32 Å². The summed E-state index contributed by atoms with van der Waals surface area (Å²) < 4.78 is 10.5. The molecular weight excluding hydrogens is 354 g/mol. The summed E-state index contributed by atoms with van der Waals surface area (Å²) in [5.41, 5.74) is 3.13. The lowest BCUT2D eigenvalue weighted by molar-refractivity contribution is 0.155. The maximum atomic E-state index is 12.1. The number of benzene rings is 2. The van der Waals surface area contributed by atoms with Crippen molar-refractivity contribution in [2.24, 2.45) is 0 Å². The molecule has 3 rings (SSSR count). The maximum absolute atomic E-state index is 12.1. The minimum Gasteiger partial charge on any atom is -0.495 e. The van der Waals surface area contributed by atoms with Gasteiger partial charge in [0.15, 0.2) is 0 Å². The number of methoxy groups -OCH3 is 1. The van der Waals surface area contributed by atoms with E-state index in [1.54, 1.807) is 30.6 Å². The third-order valence-electron chi connectivity index (χ3n) is 3.59. The van der Waals surface area contributed by atoms with Crippen LogP contribution in [-0.2, 0) is 11.3 Å². The minimum absolute atomic E-state index is 0.121. The fourth-order valence-electron chi connectivity index (χ4n) is 2.36. The summed E-state index contributed by atoms with van der Waals surface area (Å²) in [4.78, 5) is 20.1. The minimum atomic E-state index is -0.598. The molecule has 1 N–H and O–H groups in total. The van der Waals surface area contributed by atoms with Crippen LogP contribution in [0.2, 0.25) is 5.02 Å². The third kappa shape index (κ3) is 4.49. The third-order valence-corrected chi connectivity index (χ3v) is 3.82. The second kappa shape index (κ2) is 8.31. The molecule has 26 heavy (non-hydrogen) atoms. The predicted molar refractivity (Wildman–Crippen MR) is 99.3 cm³/mol. The van der Waals surface area contributed by atoms with Crippen LogP contribution >= 0.6 is 11.6 Å². The molecule has 1 amide bonds. The molecule has 2 aromatic carbocycles. The largest absolute Gasteiger partial charge is 0.495 e. The normalized spacial score (nSPS) is 10.2. The number of carbonyl (C=O) groups excluding carboxylic acids is 1. The zero-order valence-electron chi connectivity index (χ0n) is 14.0. The van der Waals surface area contributed by atoms with Crippen LogP contribution in [0.15, 0.2) is 61.2 Å². The number of hydrogen-bond acceptors (Lipinski definition) is 5. The molecule has 0 radical (unpaired) electrons. The van der Waals surface area contributed by atoms with Crippen molar-refractivity contribution in [1.29, 1.82) is 0 Å². The molecule has 0 aliphatic heterocycles. The fourth-order valence-corrected chi connectivity index (χ4v) is 2.53. The van der Waals surface area contributed by atoms with E-state index in [1.165, 1.54) is 13.4 Å². The molecule has 0 atom stereocenters. The van der Waals surface area contributed by atoms with Gasteiger partial charge in [-0.2, -0.15) is 0 Å². The van der Waals surface area contributed by atoms with Gasteiger partial charge in [-0.1, -0.05) is 29.8 Å². The Hall–Kier alpha value is -3.12. The summed E-state index contributed by atoms with van der Waals surface area (Å²) in [7, 11) is 1.51. The van der Waals surface area contributed by atoms with Gasteiger partial charge in [-0.15, -0.1) is 0 Å². The number of aromatic nitrogens is 2. The highest BCUT2D eigenvalue weighted by Crippen LogP contribution is 2.27. The lowest BCUT2D eigenvalue weighted by atomic mass is 10.1. The van der Waals surface area contributed by atoms with E-state index in [0.29, 0.717) is 16.5 Å². The van der Waals surface area contributed by atoms with Crippen LogP contribution in [0.25, 0.3) is 11.1 Å². The number of hydrogen-bond donors (Lipinski definition) is 1. The Kier molecular flexibility index (Phi) is 5.66. The summed E-state index contributed by atoms with van der Waals surface area (Å²) in [6.45, 7) is 0.121. The first-order chi connectivity index (χ1) is 12.7. The van der Waals surface area contributed by atoms with E-state index in [0.717, 1.165) is 16.7 Å². The van der Waals surface area contributed by atoms with Crippen LogP contribution in [0.3, 0.4) is 0 Å². The highest BCUT2D eigenvalue weighted by Gasteiger charge is 2.10. The highest BCUT2D eigenvalue weighted by molar-refractivity contribution is 6.31. The van der Waals surface area contributed by atoms with Gasteiger partial charge < -0.3 is 9.47 Å². The van der Waals surface area contributed by atoms with Crippen molar-refractivity contribution in [3.05, 3.63) is 71.8 Å². The molecule has 0 unspecified atom stereocenters. The number of rotatable bonds is 5. The van der Waals surface area contributed by atoms with Crippen molar-refractivity contribution < 1.29 is 14.3 Å². The van der Waals surface area contributed by atoms with E-state index < -0.39 is 6.09 Å². The van der Waals surface area contributed by atoms with Crippen LogP contribution in [0, 0.1) is 0 Å². The quantitative estimate of drug-likeness (QED) is 0.714. The van der Waals surface area contributed by atoms with Crippen molar-refractivity contribution in [3.8, 4) is 16.9 Å². The number of halogens is 1. The molecule has 0 fully saturated rings. The van der Waals surface area contributed by atoms with Crippen molar-refractivity contribution in [2.75, 3.05) is 12.4 Å². The van der Waals surface area contributed by atoms with Gasteiger partial charge in [-0.05, 0) is 35.4 Å². The van der Waals surface area contributed by atoms with E-state index in [9.17, 15) is 4.79 Å². The Labute approximate surface area is 155 Å². The summed E-state index contributed by atoms with van der Waals surface area (Å²) in [6.07, 6.45) is 4.33. The second-order valence-corrected chi connectivity index (χ2v) is 5.81. The van der Waals surface area contributed by atoms with E-state index >= 15 is 0 Å². The number of ether oxygens (including phenoxy) is 2. The zero-order valence-corrected chi connectivity index (χ0v) is 14.7. The van der Waals surface area contributed by atoms with Gasteiger partial charge in [0.25, 0.3) is 0 Å². The average molecular weight is 370 g/mol. The molecule has 6 nitrogen and oxygen atoms in total. The van der Waals surface area contributed by atoms with Gasteiger partial charge in [0.2, 0.25) is 0 Å². The van der Waals surface area contributed by atoms with Crippen molar-refractivity contribution >= 4 is 23.4 Å². The molecular formula is C19H16ClN3O3. The van der Waals surface area contributed by atoms with E-state index in [4.69, 9.17) is 21.1 Å². The van der Waals surface area contributed by atoms with Crippen molar-refractivity contribution in [3.63, 3.8) is 0 Å². The van der Waals surface area contributed by atoms with Crippen LogP contribution in [0.4, 0.5) is 10.5 Å². The number of amides is 1. The molecule has 0 saturated heterocycles. The SMILES string of the molecule is COc1ccc(Cl)cc1NC(=O)OCc1cccc(-c2cncnc2)c1. The summed E-state index contributed by atoms with van der Waals surface area (Å²) in [5.74, 6) is 0.498. The van der Waals surface area contributed by atoms with Crippen molar-refractivity contribution in [1.82, 2.24) is 9.97 Å². The Morgan fingerprint density at radius 3 is 2.69 bits per heavy atom. The Morgan fingerprint density at radius 2 is 1.92 bits per heavy atom. The Bertz CT molecular complexity index is 904. The second-order valence-electron chi connectivity index (χ2n) is 5.37. The lowest BCUT2D eigenvalue weighted by Gasteiger charge is -2.11. The first-order valence-corrected chi connectivity index (χ1v) is 8.15. The molecule has 0 spiro atoms. The molecule has 132 valence electrons. The monoisotopic (exact) mass is 369 g/mol. The summed E-state index contributed by atoms with van der Waals surface area (Å²) in [6, 6.07) is 12.6. The molecule has 0 aliphatic rings. The van der Waals surface area contributed by atoms with Crippen LogP contribution in [0.5, 0.6) is 5.75 Å². The zero-order chi connectivity index (χ0) is 18.4. The molecule has 1 aromatic heterocycles. The molecule has 0 bridgehead atoms. The lowest BCUT2D eigenvalue weighted by Crippen LogP contribution is -2.14. The molecule has 7 heteroatoms. The van der Waals surface area contributed by atoms with E-state index in [2.05, 4.69) is 15.3 Å². The van der Waals surface area contributed by atoms with E-state index in [-0.39, 0.29) is 6.61 Å². The highest BCUT2D eigenvalue weighted by atomic mass is 35.5. The average Bonchev–Trinajstić information content (AvgIpc) is 2.67. The maximum Gasteiger partial charge on any atom is 0.412 e. The van der Waals surface area contributed by atoms with E-state index in [1.807, 2.05) is 24.3 Å². The van der Waals surface area contributed by atoms with Gasteiger partial charge in [-0.25, -0.2) is 14.8 Å². The first kappa shape index (κ1) is 17.7. The first-order valence-electron chi connectivity index (χ1n) is 7.77. The molecule has 1 heterocycles. The van der Waals surface area contributed by atoms with Crippen LogP contribution < -0.4 is 10.1 Å². The standard InChI is InChI=1S/C19H16ClN3O3/c1-25-18-6-5-16(20)8-17(18)23-19(24)26-11-13-3-2-4-14(7-13)15-9-21-12-22-10-15/h2-10,12H,11H2,1H3,(H,23,24). The smallest absolute Gasteiger partial charge is 0.412 e. The van der Waals surface area contributed by atoms with Crippen LogP contribution in [0.1, 0.15) is 5.56 Å². The molecule has 0 saturated carbocycles. The van der Waals surface area contributed by atoms with Gasteiger partial charge in [0.05, 0.1) is 12.8 Å².